The zero-order chi connectivity index (χ0) is 25.8. The minimum atomic E-state index is -0.477. The molecule has 3 aromatic carbocycles. The fraction of sp³-hybridized carbons (Fsp3) is 0.233. The van der Waals surface area contributed by atoms with Gasteiger partial charge in [0.15, 0.2) is 12.4 Å². The molecule has 188 valence electrons. The first-order valence-corrected chi connectivity index (χ1v) is 12.3. The number of hydrogen-bond donors (Lipinski definition) is 1. The van der Waals surface area contributed by atoms with Gasteiger partial charge in [-0.3, -0.25) is 9.59 Å². The number of ether oxygens (including phenoxy) is 2. The molecular formula is C30H28N2O5. The molecule has 0 atom stereocenters. The van der Waals surface area contributed by atoms with Crippen LogP contribution in [0.3, 0.4) is 0 Å². The molecule has 1 aliphatic carbocycles. The van der Waals surface area contributed by atoms with Crippen LogP contribution in [0.15, 0.2) is 83.4 Å². The van der Waals surface area contributed by atoms with Crippen LogP contribution in [0.2, 0.25) is 0 Å². The predicted octanol–water partition coefficient (Wildman–Crippen LogP) is 5.93. The van der Waals surface area contributed by atoms with Gasteiger partial charge in [-0.1, -0.05) is 71.9 Å². The Morgan fingerprint density at radius 1 is 0.919 bits per heavy atom. The maximum absolute atomic E-state index is 12.5. The number of hydrogen-bond acceptors (Lipinski definition) is 6. The highest BCUT2D eigenvalue weighted by molar-refractivity contribution is 5.96. The van der Waals surface area contributed by atoms with Crippen molar-refractivity contribution in [2.75, 3.05) is 18.5 Å². The highest BCUT2D eigenvalue weighted by Gasteiger charge is 2.52. The summed E-state index contributed by atoms with van der Waals surface area (Å²) in [4.78, 5) is 24.9. The van der Waals surface area contributed by atoms with Gasteiger partial charge in [-0.2, -0.15) is 0 Å². The number of anilines is 1. The number of carbonyl (C=O) groups is 2. The number of nitrogens with one attached hydrogen (secondary N) is 1. The highest BCUT2D eigenvalue weighted by Crippen LogP contribution is 2.49. The lowest BCUT2D eigenvalue weighted by Gasteiger charge is -2.14. The van der Waals surface area contributed by atoms with Crippen LogP contribution in [0.1, 0.15) is 31.0 Å². The largest absolute Gasteiger partial charge is 0.484 e. The molecule has 1 heterocycles. The molecule has 1 saturated carbocycles. The van der Waals surface area contributed by atoms with Crippen LogP contribution in [0.25, 0.3) is 22.5 Å². The number of rotatable bonds is 9. The molecule has 1 amide bonds. The minimum absolute atomic E-state index is 0.125. The summed E-state index contributed by atoms with van der Waals surface area (Å²) < 4.78 is 16.4. The maximum Gasteiger partial charge on any atom is 0.316 e. The van der Waals surface area contributed by atoms with Gasteiger partial charge in [0, 0.05) is 5.56 Å². The molecule has 0 saturated heterocycles. The topological polar surface area (TPSA) is 90.7 Å². The molecule has 1 aliphatic rings. The number of nitrogens with zero attached hydrogens (tertiary/aromatic N) is 1. The first-order chi connectivity index (χ1) is 18.0. The third-order valence-electron chi connectivity index (χ3n) is 6.57. The van der Waals surface area contributed by atoms with E-state index in [2.05, 4.69) is 10.5 Å². The van der Waals surface area contributed by atoms with Crippen LogP contribution in [-0.2, 0) is 19.7 Å². The van der Waals surface area contributed by atoms with Crippen LogP contribution >= 0.6 is 0 Å². The standard InChI is InChI=1S/C30H28N2O5/c1-3-35-29(34)30(17-18-30)24-15-13-22(14-16-24)21-9-11-23(12-10-21)28-27(20(2)32-37-28)31-26(33)19-36-25-7-5-4-6-8-25/h4-16H,3,17-19H2,1-2H3,(H,31,33). The van der Waals surface area contributed by atoms with E-state index in [1.54, 1.807) is 19.1 Å². The Bertz CT molecular complexity index is 1390. The fourth-order valence-corrected chi connectivity index (χ4v) is 4.36. The lowest BCUT2D eigenvalue weighted by Crippen LogP contribution is -2.23. The van der Waals surface area contributed by atoms with E-state index in [1.807, 2.05) is 73.7 Å². The van der Waals surface area contributed by atoms with E-state index in [1.165, 1.54) is 0 Å². The van der Waals surface area contributed by atoms with Crippen LogP contribution in [0.5, 0.6) is 5.75 Å². The van der Waals surface area contributed by atoms with Crippen molar-refractivity contribution in [3.63, 3.8) is 0 Å². The minimum Gasteiger partial charge on any atom is -0.484 e. The van der Waals surface area contributed by atoms with E-state index >= 15 is 0 Å². The van der Waals surface area contributed by atoms with E-state index in [9.17, 15) is 9.59 Å². The second-order valence-corrected chi connectivity index (χ2v) is 9.08. The highest BCUT2D eigenvalue weighted by atomic mass is 16.5. The van der Waals surface area contributed by atoms with Crippen molar-refractivity contribution in [3.05, 3.63) is 90.1 Å². The van der Waals surface area contributed by atoms with Gasteiger partial charge in [-0.05, 0) is 55.5 Å². The quantitative estimate of drug-likeness (QED) is 0.289. The molecule has 0 spiro atoms. The summed E-state index contributed by atoms with van der Waals surface area (Å²) in [6.45, 7) is 3.88. The molecular weight excluding hydrogens is 468 g/mol. The Balaban J connectivity index is 1.28. The van der Waals surface area contributed by atoms with Gasteiger partial charge >= 0.3 is 5.97 Å². The van der Waals surface area contributed by atoms with Crippen LogP contribution in [-0.4, -0.2) is 30.2 Å². The summed E-state index contributed by atoms with van der Waals surface area (Å²) in [5, 5.41) is 6.90. The molecule has 7 nitrogen and oxygen atoms in total. The van der Waals surface area contributed by atoms with Crippen molar-refractivity contribution in [2.45, 2.75) is 32.1 Å². The monoisotopic (exact) mass is 496 g/mol. The van der Waals surface area contributed by atoms with Crippen molar-refractivity contribution < 1.29 is 23.6 Å². The molecule has 37 heavy (non-hydrogen) atoms. The van der Waals surface area contributed by atoms with Gasteiger partial charge in [0.05, 0.1) is 12.0 Å². The summed E-state index contributed by atoms with van der Waals surface area (Å²) in [6, 6.07) is 25.1. The van der Waals surface area contributed by atoms with Crippen molar-refractivity contribution in [2.24, 2.45) is 0 Å². The molecule has 4 aromatic rings. The summed E-state index contributed by atoms with van der Waals surface area (Å²) in [5.41, 5.74) is 4.48. The van der Waals surface area contributed by atoms with E-state index in [0.29, 0.717) is 29.5 Å². The van der Waals surface area contributed by atoms with Gasteiger partial charge in [0.1, 0.15) is 17.1 Å². The fourth-order valence-electron chi connectivity index (χ4n) is 4.36. The summed E-state index contributed by atoms with van der Waals surface area (Å²) >= 11 is 0. The van der Waals surface area contributed by atoms with Crippen LogP contribution in [0.4, 0.5) is 5.69 Å². The number of benzene rings is 3. The first kappa shape index (κ1) is 24.3. The molecule has 5 rings (SSSR count). The number of amides is 1. The number of aromatic nitrogens is 1. The Morgan fingerprint density at radius 2 is 1.54 bits per heavy atom. The average Bonchev–Trinajstić information content (AvgIpc) is 3.67. The second-order valence-electron chi connectivity index (χ2n) is 9.08. The van der Waals surface area contributed by atoms with E-state index < -0.39 is 5.41 Å². The normalized spacial score (nSPS) is 13.6. The van der Waals surface area contributed by atoms with Crippen molar-refractivity contribution in [3.8, 4) is 28.2 Å². The van der Waals surface area contributed by atoms with E-state index in [0.717, 1.165) is 35.1 Å². The van der Waals surface area contributed by atoms with Gasteiger partial charge in [-0.15, -0.1) is 0 Å². The summed E-state index contributed by atoms with van der Waals surface area (Å²) in [7, 11) is 0. The number of para-hydroxylation sites is 1. The summed E-state index contributed by atoms with van der Waals surface area (Å²) in [6.07, 6.45) is 1.65. The number of carbonyl (C=O) groups excluding carboxylic acids is 2. The lowest BCUT2D eigenvalue weighted by atomic mass is 9.93. The third kappa shape index (κ3) is 5.11. The van der Waals surface area contributed by atoms with Crippen LogP contribution in [0, 0.1) is 6.92 Å². The maximum atomic E-state index is 12.5. The van der Waals surface area contributed by atoms with E-state index in [-0.39, 0.29) is 18.5 Å². The Hall–Kier alpha value is -4.39. The molecule has 0 radical (unpaired) electrons. The smallest absolute Gasteiger partial charge is 0.316 e. The van der Waals surface area contributed by atoms with Gasteiger partial charge < -0.3 is 19.3 Å². The molecule has 1 N–H and O–H groups in total. The van der Waals surface area contributed by atoms with Crippen molar-refractivity contribution >= 4 is 17.6 Å². The molecule has 1 aromatic heterocycles. The second kappa shape index (κ2) is 10.3. The van der Waals surface area contributed by atoms with Crippen molar-refractivity contribution in [1.82, 2.24) is 5.16 Å². The predicted molar refractivity (Wildman–Crippen MR) is 140 cm³/mol. The van der Waals surface area contributed by atoms with Gasteiger partial charge in [-0.25, -0.2) is 0 Å². The Kier molecular flexibility index (Phi) is 6.77. The van der Waals surface area contributed by atoms with Crippen molar-refractivity contribution in [1.29, 1.82) is 0 Å². The molecule has 7 heteroatoms. The average molecular weight is 497 g/mol. The van der Waals surface area contributed by atoms with Gasteiger partial charge in [0.25, 0.3) is 5.91 Å². The Labute approximate surface area is 215 Å². The number of esters is 1. The first-order valence-electron chi connectivity index (χ1n) is 12.3. The third-order valence-corrected chi connectivity index (χ3v) is 6.57. The zero-order valence-corrected chi connectivity index (χ0v) is 20.8. The molecule has 0 aliphatic heterocycles. The lowest BCUT2D eigenvalue weighted by molar-refractivity contribution is -0.146. The molecule has 0 bridgehead atoms. The SMILES string of the molecule is CCOC(=O)C1(c2ccc(-c3ccc(-c4onc(C)c4NC(=O)COc4ccccc4)cc3)cc2)CC1. The van der Waals surface area contributed by atoms with Crippen LogP contribution < -0.4 is 10.1 Å². The molecule has 1 fully saturated rings. The Morgan fingerprint density at radius 3 is 2.16 bits per heavy atom. The zero-order valence-electron chi connectivity index (χ0n) is 20.8. The summed E-state index contributed by atoms with van der Waals surface area (Å²) in [5.74, 6) is 0.669. The molecule has 0 unspecified atom stereocenters. The number of aryl methyl sites for hydroxylation is 1. The van der Waals surface area contributed by atoms with E-state index in [4.69, 9.17) is 14.0 Å². The van der Waals surface area contributed by atoms with Gasteiger partial charge in [0.2, 0.25) is 0 Å².